The van der Waals surface area contributed by atoms with Crippen LogP contribution in [0, 0.1) is 5.41 Å². The van der Waals surface area contributed by atoms with Gasteiger partial charge in [-0.1, -0.05) is 6.42 Å². The van der Waals surface area contributed by atoms with Crippen molar-refractivity contribution in [2.45, 2.75) is 32.1 Å². The number of hydrogen-bond acceptors (Lipinski definition) is 2. The largest absolute Gasteiger partial charge is 0.480 e. The van der Waals surface area contributed by atoms with Gasteiger partial charge in [-0.3, -0.25) is 9.59 Å². The molecular formula is C10H15NO3. The van der Waals surface area contributed by atoms with Gasteiger partial charge in [0.15, 0.2) is 0 Å². The molecule has 0 unspecified atom stereocenters. The molecule has 0 atom stereocenters. The quantitative estimate of drug-likeness (QED) is 0.668. The molecule has 14 heavy (non-hydrogen) atoms. The summed E-state index contributed by atoms with van der Waals surface area (Å²) in [6, 6.07) is 0. The van der Waals surface area contributed by atoms with Crippen molar-refractivity contribution >= 4 is 11.9 Å². The molecular weight excluding hydrogens is 182 g/mol. The summed E-state index contributed by atoms with van der Waals surface area (Å²) in [6.07, 6.45) is 3.95. The van der Waals surface area contributed by atoms with Crippen molar-refractivity contribution in [2.24, 2.45) is 5.41 Å². The first-order valence-corrected chi connectivity index (χ1v) is 5.20. The van der Waals surface area contributed by atoms with E-state index in [9.17, 15) is 9.59 Å². The third-order valence-electron chi connectivity index (χ3n) is 3.42. The van der Waals surface area contributed by atoms with E-state index in [1.54, 1.807) is 4.90 Å². The Labute approximate surface area is 82.9 Å². The van der Waals surface area contributed by atoms with Crippen molar-refractivity contribution in [3.05, 3.63) is 0 Å². The molecule has 78 valence electrons. The molecule has 1 saturated heterocycles. The van der Waals surface area contributed by atoms with Crippen LogP contribution in [-0.2, 0) is 9.59 Å². The summed E-state index contributed by atoms with van der Waals surface area (Å²) < 4.78 is 0. The van der Waals surface area contributed by atoms with Crippen LogP contribution in [0.4, 0.5) is 0 Å². The summed E-state index contributed by atoms with van der Waals surface area (Å²) in [5, 5.41) is 9.07. The number of carbonyl (C=O) groups excluding carboxylic acids is 1. The van der Waals surface area contributed by atoms with Crippen LogP contribution in [0.1, 0.15) is 32.1 Å². The molecule has 2 aliphatic rings. The number of carboxylic acid groups (broad SMARTS) is 1. The van der Waals surface area contributed by atoms with Crippen LogP contribution in [0.2, 0.25) is 0 Å². The zero-order valence-corrected chi connectivity index (χ0v) is 8.16. The van der Waals surface area contributed by atoms with E-state index in [4.69, 9.17) is 5.11 Å². The molecule has 1 amide bonds. The number of carboxylic acids is 1. The predicted molar refractivity (Wildman–Crippen MR) is 49.7 cm³/mol. The van der Waals surface area contributed by atoms with E-state index in [1.165, 1.54) is 0 Å². The molecule has 1 heterocycles. The topological polar surface area (TPSA) is 57.6 Å². The summed E-state index contributed by atoms with van der Waals surface area (Å²) in [5.41, 5.74) is -1.05. The summed E-state index contributed by atoms with van der Waals surface area (Å²) in [7, 11) is 0. The highest BCUT2D eigenvalue weighted by Crippen LogP contribution is 2.43. The maximum atomic E-state index is 11.9. The minimum Gasteiger partial charge on any atom is -0.480 e. The lowest BCUT2D eigenvalue weighted by molar-refractivity contribution is -0.166. The number of amides is 1. The first-order chi connectivity index (χ1) is 6.67. The molecule has 4 nitrogen and oxygen atoms in total. The van der Waals surface area contributed by atoms with Crippen LogP contribution >= 0.6 is 0 Å². The van der Waals surface area contributed by atoms with Crippen molar-refractivity contribution in [3.63, 3.8) is 0 Å². The summed E-state index contributed by atoms with van der Waals surface area (Å²) >= 11 is 0. The van der Waals surface area contributed by atoms with Gasteiger partial charge >= 0.3 is 5.97 Å². The van der Waals surface area contributed by atoms with E-state index in [2.05, 4.69) is 0 Å². The van der Waals surface area contributed by atoms with E-state index in [-0.39, 0.29) is 5.91 Å². The minimum absolute atomic E-state index is 0.145. The molecule has 2 fully saturated rings. The maximum Gasteiger partial charge on any atom is 0.319 e. The van der Waals surface area contributed by atoms with E-state index < -0.39 is 11.4 Å². The first-order valence-electron chi connectivity index (χ1n) is 5.20. The lowest BCUT2D eigenvalue weighted by Gasteiger charge is -2.38. The van der Waals surface area contributed by atoms with Gasteiger partial charge in [-0.2, -0.15) is 0 Å². The Morgan fingerprint density at radius 2 is 1.64 bits per heavy atom. The summed E-state index contributed by atoms with van der Waals surface area (Å²) in [4.78, 5) is 24.7. The Hall–Kier alpha value is -1.06. The zero-order valence-electron chi connectivity index (χ0n) is 8.16. The Balaban J connectivity index is 2.11. The number of aliphatic carboxylic acids is 1. The highest BCUT2D eigenvalue weighted by molar-refractivity contribution is 6.02. The van der Waals surface area contributed by atoms with E-state index in [0.29, 0.717) is 12.8 Å². The van der Waals surface area contributed by atoms with Crippen molar-refractivity contribution < 1.29 is 14.7 Å². The molecule has 0 aromatic heterocycles. The molecule has 1 N–H and O–H groups in total. The number of nitrogens with zero attached hydrogens (tertiary/aromatic N) is 1. The van der Waals surface area contributed by atoms with E-state index >= 15 is 0 Å². The van der Waals surface area contributed by atoms with Gasteiger partial charge < -0.3 is 10.0 Å². The van der Waals surface area contributed by atoms with E-state index in [1.807, 2.05) is 0 Å². The van der Waals surface area contributed by atoms with Crippen LogP contribution in [0.5, 0.6) is 0 Å². The zero-order chi connectivity index (χ0) is 10.2. The second-order valence-corrected chi connectivity index (χ2v) is 4.24. The van der Waals surface area contributed by atoms with Gasteiger partial charge in [0.05, 0.1) is 0 Å². The van der Waals surface area contributed by atoms with Gasteiger partial charge in [0.1, 0.15) is 5.41 Å². The Morgan fingerprint density at radius 3 is 2.00 bits per heavy atom. The van der Waals surface area contributed by atoms with Gasteiger partial charge in [0.25, 0.3) is 0 Å². The molecule has 1 saturated carbocycles. The minimum atomic E-state index is -1.05. The fourth-order valence-electron chi connectivity index (χ4n) is 2.27. The van der Waals surface area contributed by atoms with Crippen LogP contribution in [-0.4, -0.2) is 35.0 Å². The fraction of sp³-hybridized carbons (Fsp3) is 0.800. The lowest BCUT2D eigenvalue weighted by Crippen LogP contribution is -2.51. The molecule has 1 aliphatic heterocycles. The van der Waals surface area contributed by atoms with Crippen LogP contribution < -0.4 is 0 Å². The normalized spacial score (nSPS) is 24.4. The molecule has 4 heteroatoms. The second-order valence-electron chi connectivity index (χ2n) is 4.24. The van der Waals surface area contributed by atoms with Gasteiger partial charge in [-0.25, -0.2) is 0 Å². The smallest absolute Gasteiger partial charge is 0.319 e. The molecule has 0 aromatic rings. The van der Waals surface area contributed by atoms with Gasteiger partial charge in [-0.05, 0) is 25.7 Å². The van der Waals surface area contributed by atoms with Crippen molar-refractivity contribution in [3.8, 4) is 0 Å². The number of hydrogen-bond donors (Lipinski definition) is 1. The molecule has 0 spiro atoms. The Morgan fingerprint density at radius 1 is 1.07 bits per heavy atom. The second kappa shape index (κ2) is 3.26. The standard InChI is InChI=1S/C10H15NO3/c12-8(11-6-1-2-7-11)10(9(13)14)4-3-5-10/h1-7H2,(H,13,14). The van der Waals surface area contributed by atoms with Crippen LogP contribution in [0.25, 0.3) is 0 Å². The summed E-state index contributed by atoms with van der Waals surface area (Å²) in [6.45, 7) is 1.49. The van der Waals surface area contributed by atoms with E-state index in [0.717, 1.165) is 32.4 Å². The van der Waals surface area contributed by atoms with Crippen molar-refractivity contribution in [1.29, 1.82) is 0 Å². The van der Waals surface area contributed by atoms with Crippen LogP contribution in [0.15, 0.2) is 0 Å². The van der Waals surface area contributed by atoms with Crippen molar-refractivity contribution in [1.82, 2.24) is 4.90 Å². The average molecular weight is 197 g/mol. The Bertz CT molecular complexity index is 265. The van der Waals surface area contributed by atoms with Gasteiger partial charge in [0, 0.05) is 13.1 Å². The Kier molecular flexibility index (Phi) is 2.21. The number of rotatable bonds is 2. The molecule has 1 aliphatic carbocycles. The molecule has 0 aromatic carbocycles. The first kappa shape index (κ1) is 9.49. The van der Waals surface area contributed by atoms with Crippen LogP contribution in [0.3, 0.4) is 0 Å². The predicted octanol–water partition coefficient (Wildman–Crippen LogP) is 0.864. The fourth-order valence-corrected chi connectivity index (χ4v) is 2.27. The SMILES string of the molecule is O=C(O)C1(C(=O)N2CCCC2)CCC1. The third-order valence-corrected chi connectivity index (χ3v) is 3.42. The summed E-state index contributed by atoms with van der Waals surface area (Å²) in [5.74, 6) is -1.07. The highest BCUT2D eigenvalue weighted by atomic mass is 16.4. The average Bonchev–Trinajstić information content (AvgIpc) is 2.51. The number of carbonyl (C=O) groups is 2. The highest BCUT2D eigenvalue weighted by Gasteiger charge is 2.53. The monoisotopic (exact) mass is 197 g/mol. The third kappa shape index (κ3) is 1.21. The van der Waals surface area contributed by atoms with Gasteiger partial charge in [-0.15, -0.1) is 0 Å². The molecule has 0 radical (unpaired) electrons. The lowest BCUT2D eigenvalue weighted by atomic mass is 9.68. The van der Waals surface area contributed by atoms with Crippen molar-refractivity contribution in [2.75, 3.05) is 13.1 Å². The molecule has 2 rings (SSSR count). The number of likely N-dealkylation sites (tertiary alicyclic amines) is 1. The molecule has 0 bridgehead atoms. The maximum absolute atomic E-state index is 11.9. The van der Waals surface area contributed by atoms with Gasteiger partial charge in [0.2, 0.25) is 5.91 Å².